The lowest BCUT2D eigenvalue weighted by Gasteiger charge is -1.99. The van der Waals surface area contributed by atoms with E-state index in [1.807, 2.05) is 29.6 Å². The molecule has 0 aliphatic rings. The summed E-state index contributed by atoms with van der Waals surface area (Å²) < 4.78 is 23.9. The van der Waals surface area contributed by atoms with Gasteiger partial charge in [-0.2, -0.15) is 0 Å². The van der Waals surface area contributed by atoms with Gasteiger partial charge in [0.1, 0.15) is 16.6 Å². The molecule has 0 radical (unpaired) electrons. The van der Waals surface area contributed by atoms with Gasteiger partial charge in [-0.1, -0.05) is 11.8 Å². The Labute approximate surface area is 163 Å². The van der Waals surface area contributed by atoms with Crippen LogP contribution in [0.1, 0.15) is 5.69 Å². The lowest BCUT2D eigenvalue weighted by molar-refractivity contribution is 0.414. The molecule has 2 aromatic carbocycles. The van der Waals surface area contributed by atoms with E-state index in [-0.39, 0.29) is 5.82 Å². The summed E-state index contributed by atoms with van der Waals surface area (Å²) in [6, 6.07) is 13.8. The molecular formula is C19H14FN3O2S2. The zero-order valence-corrected chi connectivity index (χ0v) is 15.9. The molecule has 0 atom stereocenters. The lowest BCUT2D eigenvalue weighted by Crippen LogP contribution is -1.82. The lowest BCUT2D eigenvalue weighted by atomic mass is 10.2. The first-order valence-electron chi connectivity index (χ1n) is 8.02. The third-order valence-electron chi connectivity index (χ3n) is 3.73. The minimum absolute atomic E-state index is 0.254. The Morgan fingerprint density at radius 2 is 1.78 bits per heavy atom. The van der Waals surface area contributed by atoms with Crippen LogP contribution in [0.3, 0.4) is 0 Å². The second kappa shape index (κ2) is 7.89. The van der Waals surface area contributed by atoms with Crippen LogP contribution in [0, 0.1) is 5.82 Å². The van der Waals surface area contributed by atoms with Crippen molar-refractivity contribution in [3.63, 3.8) is 0 Å². The first-order chi connectivity index (χ1) is 13.2. The smallest absolute Gasteiger partial charge is 0.277 e. The highest BCUT2D eigenvalue weighted by atomic mass is 32.2. The zero-order valence-electron chi connectivity index (χ0n) is 14.3. The van der Waals surface area contributed by atoms with Crippen LogP contribution in [-0.2, 0) is 5.75 Å². The Kier molecular flexibility index (Phi) is 5.17. The maximum atomic E-state index is 13.0. The van der Waals surface area contributed by atoms with Crippen molar-refractivity contribution in [1.82, 2.24) is 15.2 Å². The highest BCUT2D eigenvalue weighted by Crippen LogP contribution is 2.29. The summed E-state index contributed by atoms with van der Waals surface area (Å²) >= 11 is 2.95. The molecule has 0 fully saturated rings. The van der Waals surface area contributed by atoms with Crippen LogP contribution in [0.5, 0.6) is 5.75 Å². The summed E-state index contributed by atoms with van der Waals surface area (Å²) in [5, 5.41) is 11.5. The van der Waals surface area contributed by atoms with Gasteiger partial charge in [-0.05, 0) is 48.5 Å². The highest BCUT2D eigenvalue weighted by Gasteiger charge is 2.11. The second-order valence-corrected chi connectivity index (χ2v) is 7.33. The molecule has 0 saturated heterocycles. The number of nitrogens with zero attached hydrogens (tertiary/aromatic N) is 3. The molecule has 0 N–H and O–H groups in total. The Morgan fingerprint density at radius 1 is 1.04 bits per heavy atom. The molecule has 8 heteroatoms. The van der Waals surface area contributed by atoms with Crippen LogP contribution >= 0.6 is 23.1 Å². The van der Waals surface area contributed by atoms with Crippen molar-refractivity contribution in [3.8, 4) is 27.8 Å². The number of hydrogen-bond donors (Lipinski definition) is 0. The molecular weight excluding hydrogens is 385 g/mol. The quantitative estimate of drug-likeness (QED) is 0.410. The van der Waals surface area contributed by atoms with Gasteiger partial charge >= 0.3 is 0 Å². The van der Waals surface area contributed by atoms with Gasteiger partial charge in [0.25, 0.3) is 5.22 Å². The number of thiazole rings is 1. The minimum atomic E-state index is -0.254. The van der Waals surface area contributed by atoms with Crippen LogP contribution in [-0.4, -0.2) is 22.3 Å². The van der Waals surface area contributed by atoms with E-state index in [2.05, 4.69) is 15.2 Å². The fourth-order valence-electron chi connectivity index (χ4n) is 2.35. The summed E-state index contributed by atoms with van der Waals surface area (Å²) in [5.41, 5.74) is 2.65. The standard InChI is InChI=1S/C19H14FN3O2S2/c1-24-16-8-4-12(5-9-16)17-22-23-19(25-17)27-11-15-10-26-18(21-15)13-2-6-14(20)7-3-13/h2-10H,11H2,1H3. The van der Waals surface area contributed by atoms with Gasteiger partial charge in [0.05, 0.1) is 12.8 Å². The summed E-state index contributed by atoms with van der Waals surface area (Å²) in [5.74, 6) is 1.59. The van der Waals surface area contributed by atoms with E-state index in [4.69, 9.17) is 9.15 Å². The number of aromatic nitrogens is 3. The predicted octanol–water partition coefficient (Wildman–Crippen LogP) is 5.30. The van der Waals surface area contributed by atoms with Crippen molar-refractivity contribution >= 4 is 23.1 Å². The summed E-state index contributed by atoms with van der Waals surface area (Å²) in [4.78, 5) is 4.58. The molecule has 136 valence electrons. The maximum Gasteiger partial charge on any atom is 0.277 e. The first kappa shape index (κ1) is 17.7. The largest absolute Gasteiger partial charge is 0.497 e. The average molecular weight is 399 g/mol. The third kappa shape index (κ3) is 4.17. The third-order valence-corrected chi connectivity index (χ3v) is 5.52. The second-order valence-electron chi connectivity index (χ2n) is 5.54. The van der Waals surface area contributed by atoms with E-state index in [1.54, 1.807) is 19.2 Å². The van der Waals surface area contributed by atoms with Crippen molar-refractivity contribution < 1.29 is 13.5 Å². The van der Waals surface area contributed by atoms with Gasteiger partial charge in [0.2, 0.25) is 5.89 Å². The number of halogens is 1. The van der Waals surface area contributed by atoms with Gasteiger partial charge in [-0.3, -0.25) is 0 Å². The Morgan fingerprint density at radius 3 is 2.52 bits per heavy atom. The number of benzene rings is 2. The van der Waals surface area contributed by atoms with Crippen molar-refractivity contribution in [2.24, 2.45) is 0 Å². The monoisotopic (exact) mass is 399 g/mol. The Bertz CT molecular complexity index is 1030. The van der Waals surface area contributed by atoms with Crippen LogP contribution < -0.4 is 4.74 Å². The molecule has 0 saturated carbocycles. The fraction of sp³-hybridized carbons (Fsp3) is 0.105. The van der Waals surface area contributed by atoms with Crippen LogP contribution in [0.25, 0.3) is 22.0 Å². The van der Waals surface area contributed by atoms with E-state index < -0.39 is 0 Å². The summed E-state index contributed by atoms with van der Waals surface area (Å²) in [6.45, 7) is 0. The molecule has 2 heterocycles. The molecule has 4 aromatic rings. The van der Waals surface area contributed by atoms with E-state index in [1.165, 1.54) is 35.2 Å². The maximum absolute atomic E-state index is 13.0. The van der Waals surface area contributed by atoms with E-state index in [0.717, 1.165) is 27.6 Å². The number of ether oxygens (including phenoxy) is 1. The number of rotatable bonds is 6. The van der Waals surface area contributed by atoms with Crippen molar-refractivity contribution in [2.45, 2.75) is 11.0 Å². The highest BCUT2D eigenvalue weighted by molar-refractivity contribution is 7.98. The minimum Gasteiger partial charge on any atom is -0.497 e. The van der Waals surface area contributed by atoms with Gasteiger partial charge in [0, 0.05) is 22.3 Å². The van der Waals surface area contributed by atoms with Crippen molar-refractivity contribution in [1.29, 1.82) is 0 Å². The number of methoxy groups -OCH3 is 1. The SMILES string of the molecule is COc1ccc(-c2nnc(SCc3csc(-c4ccc(F)cc4)n3)o2)cc1. The topological polar surface area (TPSA) is 61.0 Å². The van der Waals surface area contributed by atoms with Crippen molar-refractivity contribution in [3.05, 3.63) is 65.4 Å². The van der Waals surface area contributed by atoms with Crippen molar-refractivity contribution in [2.75, 3.05) is 7.11 Å². The van der Waals surface area contributed by atoms with E-state index in [0.29, 0.717) is 16.9 Å². The molecule has 0 aliphatic carbocycles. The molecule has 2 aromatic heterocycles. The predicted molar refractivity (Wildman–Crippen MR) is 103 cm³/mol. The zero-order chi connectivity index (χ0) is 18.6. The van der Waals surface area contributed by atoms with Gasteiger partial charge in [-0.25, -0.2) is 9.37 Å². The average Bonchev–Trinajstić information content (AvgIpc) is 3.37. The Balaban J connectivity index is 1.40. The molecule has 0 aliphatic heterocycles. The number of thioether (sulfide) groups is 1. The number of hydrogen-bond acceptors (Lipinski definition) is 7. The van der Waals surface area contributed by atoms with E-state index in [9.17, 15) is 4.39 Å². The Hall–Kier alpha value is -2.71. The fourth-order valence-corrected chi connectivity index (χ4v) is 3.94. The van der Waals surface area contributed by atoms with Crippen LogP contribution in [0.2, 0.25) is 0 Å². The molecule has 0 spiro atoms. The summed E-state index contributed by atoms with van der Waals surface area (Å²) in [6.07, 6.45) is 0. The normalized spacial score (nSPS) is 10.9. The van der Waals surface area contributed by atoms with Gasteiger partial charge in [-0.15, -0.1) is 21.5 Å². The molecule has 0 unspecified atom stereocenters. The molecule has 27 heavy (non-hydrogen) atoms. The van der Waals surface area contributed by atoms with Gasteiger partial charge in [0.15, 0.2) is 0 Å². The van der Waals surface area contributed by atoms with Crippen LogP contribution in [0.4, 0.5) is 4.39 Å². The summed E-state index contributed by atoms with van der Waals surface area (Å²) in [7, 11) is 1.62. The molecule has 0 amide bonds. The molecule has 4 rings (SSSR count). The van der Waals surface area contributed by atoms with E-state index >= 15 is 0 Å². The molecule has 5 nitrogen and oxygen atoms in total. The molecule has 0 bridgehead atoms. The van der Waals surface area contributed by atoms with Gasteiger partial charge < -0.3 is 9.15 Å². The first-order valence-corrected chi connectivity index (χ1v) is 9.89. The van der Waals surface area contributed by atoms with Crippen LogP contribution in [0.15, 0.2) is 63.6 Å².